The number of rotatable bonds is 6. The van der Waals surface area contributed by atoms with Gasteiger partial charge in [-0.25, -0.2) is 0 Å². The second-order valence-corrected chi connectivity index (χ2v) is 6.09. The van der Waals surface area contributed by atoms with Gasteiger partial charge in [0.15, 0.2) is 0 Å². The van der Waals surface area contributed by atoms with Gasteiger partial charge in [-0.15, -0.1) is 0 Å². The van der Waals surface area contributed by atoms with E-state index in [1.54, 1.807) is 0 Å². The van der Waals surface area contributed by atoms with Crippen molar-refractivity contribution in [3.8, 4) is 5.75 Å². The van der Waals surface area contributed by atoms with Gasteiger partial charge in [0.05, 0.1) is 6.61 Å². The molecule has 1 aliphatic rings. The van der Waals surface area contributed by atoms with Crippen LogP contribution in [0.4, 0.5) is 0 Å². The molecule has 1 aliphatic heterocycles. The van der Waals surface area contributed by atoms with E-state index in [-0.39, 0.29) is 6.04 Å². The van der Waals surface area contributed by atoms with Crippen LogP contribution in [-0.4, -0.2) is 37.2 Å². The normalized spacial score (nSPS) is 21.6. The summed E-state index contributed by atoms with van der Waals surface area (Å²) in [6, 6.07) is 9.26. The predicted molar refractivity (Wildman–Crippen MR) is 84.2 cm³/mol. The molecule has 0 amide bonds. The van der Waals surface area contributed by atoms with Crippen LogP contribution in [-0.2, 0) is 6.42 Å². The second-order valence-electron chi connectivity index (χ2n) is 6.09. The first kappa shape index (κ1) is 15.3. The van der Waals surface area contributed by atoms with Gasteiger partial charge in [-0.05, 0) is 63.9 Å². The molecular weight excluding hydrogens is 248 g/mol. The Kier molecular flexibility index (Phi) is 5.86. The molecule has 3 nitrogen and oxygen atoms in total. The van der Waals surface area contributed by atoms with Gasteiger partial charge < -0.3 is 15.4 Å². The molecule has 20 heavy (non-hydrogen) atoms. The lowest BCUT2D eigenvalue weighted by Gasteiger charge is -2.32. The highest BCUT2D eigenvalue weighted by Gasteiger charge is 2.18. The molecule has 0 spiro atoms. The number of piperidine rings is 1. The molecule has 0 radical (unpaired) electrons. The number of benzene rings is 1. The predicted octanol–water partition coefficient (Wildman–Crippen LogP) is 2.83. The van der Waals surface area contributed by atoms with E-state index in [4.69, 9.17) is 10.5 Å². The number of ether oxygens (including phenoxy) is 1. The molecule has 1 aromatic carbocycles. The van der Waals surface area contributed by atoms with Crippen molar-refractivity contribution in [1.82, 2.24) is 4.90 Å². The van der Waals surface area contributed by atoms with Gasteiger partial charge in [0.2, 0.25) is 0 Å². The van der Waals surface area contributed by atoms with E-state index in [9.17, 15) is 0 Å². The Labute approximate surface area is 123 Å². The van der Waals surface area contributed by atoms with Crippen LogP contribution in [0, 0.1) is 0 Å². The fraction of sp³-hybridized carbons (Fsp3) is 0.647. The summed E-state index contributed by atoms with van der Waals surface area (Å²) in [6.45, 7) is 4.07. The molecule has 112 valence electrons. The van der Waals surface area contributed by atoms with Gasteiger partial charge in [0.1, 0.15) is 5.75 Å². The summed E-state index contributed by atoms with van der Waals surface area (Å²) in [7, 11) is 2.23. The third kappa shape index (κ3) is 4.80. The Morgan fingerprint density at radius 3 is 2.70 bits per heavy atom. The van der Waals surface area contributed by atoms with E-state index in [0.717, 1.165) is 25.2 Å². The summed E-state index contributed by atoms with van der Waals surface area (Å²) in [5.41, 5.74) is 7.08. The minimum absolute atomic E-state index is 0.212. The quantitative estimate of drug-likeness (QED) is 0.868. The van der Waals surface area contributed by atoms with Gasteiger partial charge in [0.25, 0.3) is 0 Å². The van der Waals surface area contributed by atoms with Crippen LogP contribution in [0.3, 0.4) is 0 Å². The second kappa shape index (κ2) is 7.65. The topological polar surface area (TPSA) is 38.5 Å². The molecular formula is C17H28N2O. The highest BCUT2D eigenvalue weighted by Crippen LogP contribution is 2.19. The fourth-order valence-corrected chi connectivity index (χ4v) is 2.92. The zero-order chi connectivity index (χ0) is 14.4. The lowest BCUT2D eigenvalue weighted by Crippen LogP contribution is -2.37. The summed E-state index contributed by atoms with van der Waals surface area (Å²) in [5.74, 6) is 0.969. The molecule has 2 unspecified atom stereocenters. The van der Waals surface area contributed by atoms with Crippen molar-refractivity contribution in [2.24, 2.45) is 5.73 Å². The number of hydrogen-bond donors (Lipinski definition) is 1. The van der Waals surface area contributed by atoms with E-state index < -0.39 is 0 Å². The molecule has 0 saturated carbocycles. The lowest BCUT2D eigenvalue weighted by molar-refractivity contribution is 0.153. The van der Waals surface area contributed by atoms with E-state index in [2.05, 4.69) is 36.2 Å². The van der Waals surface area contributed by atoms with Crippen LogP contribution in [0.25, 0.3) is 0 Å². The Morgan fingerprint density at radius 2 is 2.05 bits per heavy atom. The highest BCUT2D eigenvalue weighted by molar-refractivity contribution is 5.27. The number of nitrogens with two attached hydrogens (primary N) is 1. The summed E-state index contributed by atoms with van der Waals surface area (Å²) >= 11 is 0. The first-order chi connectivity index (χ1) is 9.65. The number of nitrogens with zero attached hydrogens (tertiary/aromatic N) is 1. The summed E-state index contributed by atoms with van der Waals surface area (Å²) in [6.07, 6.45) is 6.06. The van der Waals surface area contributed by atoms with Crippen LogP contribution in [0.1, 0.15) is 38.2 Å². The first-order valence-electron chi connectivity index (χ1n) is 7.82. The molecule has 0 aromatic heterocycles. The van der Waals surface area contributed by atoms with Gasteiger partial charge >= 0.3 is 0 Å². The summed E-state index contributed by atoms with van der Waals surface area (Å²) in [4.78, 5) is 2.47. The van der Waals surface area contributed by atoms with Crippen molar-refractivity contribution in [3.05, 3.63) is 29.8 Å². The zero-order valence-corrected chi connectivity index (χ0v) is 12.8. The van der Waals surface area contributed by atoms with E-state index in [1.165, 1.54) is 31.4 Å². The average molecular weight is 276 g/mol. The largest absolute Gasteiger partial charge is 0.494 e. The number of hydrogen-bond acceptors (Lipinski definition) is 3. The first-order valence-corrected chi connectivity index (χ1v) is 7.82. The minimum atomic E-state index is 0.212. The van der Waals surface area contributed by atoms with Crippen LogP contribution < -0.4 is 10.5 Å². The lowest BCUT2D eigenvalue weighted by atomic mass is 10.0. The Hall–Kier alpha value is -1.06. The third-order valence-electron chi connectivity index (χ3n) is 4.12. The monoisotopic (exact) mass is 276 g/mol. The van der Waals surface area contributed by atoms with E-state index in [0.29, 0.717) is 6.04 Å². The maximum atomic E-state index is 5.86. The van der Waals surface area contributed by atoms with E-state index in [1.807, 2.05) is 6.92 Å². The maximum absolute atomic E-state index is 5.86. The van der Waals surface area contributed by atoms with Gasteiger partial charge in [-0.1, -0.05) is 18.6 Å². The van der Waals surface area contributed by atoms with Crippen molar-refractivity contribution in [2.75, 3.05) is 20.2 Å². The van der Waals surface area contributed by atoms with Gasteiger partial charge in [-0.2, -0.15) is 0 Å². The standard InChI is InChI=1S/C17H28N2O/c1-14(18)13-15-6-8-17(9-7-15)20-12-10-16-5-3-4-11-19(16)2/h6-9,14,16H,3-5,10-13,18H2,1-2H3. The van der Waals surface area contributed by atoms with Crippen LogP contribution in [0.2, 0.25) is 0 Å². The maximum Gasteiger partial charge on any atom is 0.119 e. The molecule has 3 heteroatoms. The Bertz CT molecular complexity index is 388. The number of likely N-dealkylation sites (tertiary alicyclic amines) is 1. The zero-order valence-electron chi connectivity index (χ0n) is 12.8. The molecule has 0 bridgehead atoms. The van der Waals surface area contributed by atoms with E-state index >= 15 is 0 Å². The average Bonchev–Trinajstić information content (AvgIpc) is 2.42. The van der Waals surface area contributed by atoms with Crippen molar-refractivity contribution in [2.45, 2.75) is 51.1 Å². The van der Waals surface area contributed by atoms with Crippen LogP contribution >= 0.6 is 0 Å². The van der Waals surface area contributed by atoms with Crippen molar-refractivity contribution in [1.29, 1.82) is 0 Å². The third-order valence-corrected chi connectivity index (χ3v) is 4.12. The molecule has 1 saturated heterocycles. The Balaban J connectivity index is 1.73. The highest BCUT2D eigenvalue weighted by atomic mass is 16.5. The van der Waals surface area contributed by atoms with Gasteiger partial charge in [0, 0.05) is 12.1 Å². The Morgan fingerprint density at radius 1 is 1.30 bits per heavy atom. The van der Waals surface area contributed by atoms with Crippen LogP contribution in [0.5, 0.6) is 5.75 Å². The van der Waals surface area contributed by atoms with Crippen molar-refractivity contribution >= 4 is 0 Å². The molecule has 1 aromatic rings. The van der Waals surface area contributed by atoms with Crippen molar-refractivity contribution < 1.29 is 4.74 Å². The molecule has 0 aliphatic carbocycles. The summed E-state index contributed by atoms with van der Waals surface area (Å²) in [5, 5.41) is 0. The molecule has 2 N–H and O–H groups in total. The fourth-order valence-electron chi connectivity index (χ4n) is 2.92. The molecule has 2 rings (SSSR count). The van der Waals surface area contributed by atoms with Crippen LogP contribution in [0.15, 0.2) is 24.3 Å². The smallest absolute Gasteiger partial charge is 0.119 e. The van der Waals surface area contributed by atoms with Crippen molar-refractivity contribution in [3.63, 3.8) is 0 Å². The molecule has 1 heterocycles. The summed E-state index contributed by atoms with van der Waals surface area (Å²) < 4.78 is 5.86. The molecule has 1 fully saturated rings. The van der Waals surface area contributed by atoms with Gasteiger partial charge in [-0.3, -0.25) is 0 Å². The molecule has 2 atom stereocenters. The minimum Gasteiger partial charge on any atom is -0.494 e. The SMILES string of the molecule is CC(N)Cc1ccc(OCCC2CCCCN2C)cc1.